The normalized spacial score (nSPS) is 11.2. The van der Waals surface area contributed by atoms with Crippen LogP contribution in [0.15, 0.2) is 12.1 Å². The second kappa shape index (κ2) is 7.64. The maximum absolute atomic E-state index is 13.8. The van der Waals surface area contributed by atoms with Gasteiger partial charge < -0.3 is 9.30 Å². The van der Waals surface area contributed by atoms with Gasteiger partial charge in [-0.3, -0.25) is 0 Å². The van der Waals surface area contributed by atoms with Gasteiger partial charge in [0.05, 0.1) is 18.1 Å². The molecule has 2 rings (SSSR count). The zero-order valence-corrected chi connectivity index (χ0v) is 13.4. The summed E-state index contributed by atoms with van der Waals surface area (Å²) in [5.41, 5.74) is 1.59. The molecule has 0 aliphatic heterocycles. The molecule has 2 aromatic rings. The molecule has 0 saturated heterocycles. The van der Waals surface area contributed by atoms with Gasteiger partial charge in [-0.25, -0.2) is 9.37 Å². The first-order valence-electron chi connectivity index (χ1n) is 7.49. The highest BCUT2D eigenvalue weighted by molar-refractivity contribution is 6.17. The average Bonchev–Trinajstić information content (AvgIpc) is 2.79. The Morgan fingerprint density at radius 3 is 2.76 bits per heavy atom. The molecule has 0 unspecified atom stereocenters. The number of nitrogens with zero attached hydrogens (tertiary/aromatic N) is 2. The van der Waals surface area contributed by atoms with E-state index in [0.717, 1.165) is 24.3 Å². The third-order valence-corrected chi connectivity index (χ3v) is 3.84. The number of hydrogen-bond acceptors (Lipinski definition) is 2. The lowest BCUT2D eigenvalue weighted by Crippen LogP contribution is -2.05. The maximum atomic E-state index is 13.8. The van der Waals surface area contributed by atoms with E-state index < -0.39 is 0 Å². The van der Waals surface area contributed by atoms with Gasteiger partial charge in [0.15, 0.2) is 11.6 Å². The van der Waals surface area contributed by atoms with Gasteiger partial charge in [-0.2, -0.15) is 0 Å². The van der Waals surface area contributed by atoms with Gasteiger partial charge in [0, 0.05) is 31.0 Å². The number of ether oxygens (including phenoxy) is 1. The monoisotopic (exact) mass is 312 g/mol. The van der Waals surface area contributed by atoms with Crippen molar-refractivity contribution in [2.75, 3.05) is 13.0 Å². The molecule has 0 bridgehead atoms. The third kappa shape index (κ3) is 3.67. The highest BCUT2D eigenvalue weighted by Crippen LogP contribution is 2.26. The van der Waals surface area contributed by atoms with Crippen molar-refractivity contribution in [1.82, 2.24) is 9.55 Å². The van der Waals surface area contributed by atoms with Gasteiger partial charge in [-0.05, 0) is 6.42 Å². The van der Waals surface area contributed by atoms with Gasteiger partial charge in [-0.15, -0.1) is 11.6 Å². The van der Waals surface area contributed by atoms with Gasteiger partial charge in [0.1, 0.15) is 5.82 Å². The Labute approximate surface area is 130 Å². The molecule has 3 nitrogen and oxygen atoms in total. The van der Waals surface area contributed by atoms with Crippen LogP contribution in [0, 0.1) is 5.82 Å². The van der Waals surface area contributed by atoms with Crippen LogP contribution in [-0.4, -0.2) is 22.5 Å². The van der Waals surface area contributed by atoms with Crippen LogP contribution in [0.1, 0.15) is 38.4 Å². The van der Waals surface area contributed by atoms with Crippen molar-refractivity contribution >= 4 is 22.6 Å². The largest absolute Gasteiger partial charge is 0.494 e. The second-order valence-electron chi connectivity index (χ2n) is 5.15. The van der Waals surface area contributed by atoms with E-state index in [-0.39, 0.29) is 11.6 Å². The molecule has 21 heavy (non-hydrogen) atoms. The first-order valence-corrected chi connectivity index (χ1v) is 8.03. The fraction of sp³-hybridized carbons (Fsp3) is 0.562. The second-order valence-corrected chi connectivity index (χ2v) is 5.53. The van der Waals surface area contributed by atoms with E-state index in [4.69, 9.17) is 16.3 Å². The van der Waals surface area contributed by atoms with Crippen molar-refractivity contribution in [1.29, 1.82) is 0 Å². The van der Waals surface area contributed by atoms with Crippen LogP contribution >= 0.6 is 11.6 Å². The SMILES string of the molecule is CCCCCCn1c(CCCl)nc2cc(F)c(OC)cc21. The molecule has 1 heterocycles. The minimum absolute atomic E-state index is 0.259. The number of benzene rings is 1. The predicted octanol–water partition coefficient (Wildman–Crippen LogP) is 4.55. The molecule has 0 aliphatic carbocycles. The van der Waals surface area contributed by atoms with Crippen molar-refractivity contribution in [2.45, 2.75) is 45.6 Å². The number of fused-ring (bicyclic) bond motifs is 1. The molecule has 0 saturated carbocycles. The molecule has 0 radical (unpaired) electrons. The predicted molar refractivity (Wildman–Crippen MR) is 84.8 cm³/mol. The Hall–Kier alpha value is -1.29. The summed E-state index contributed by atoms with van der Waals surface area (Å²) in [6.07, 6.45) is 5.41. The molecule has 116 valence electrons. The minimum atomic E-state index is -0.377. The maximum Gasteiger partial charge on any atom is 0.167 e. The van der Waals surface area contributed by atoms with Crippen LogP contribution in [0.5, 0.6) is 5.75 Å². The number of halogens is 2. The Morgan fingerprint density at radius 1 is 1.29 bits per heavy atom. The third-order valence-electron chi connectivity index (χ3n) is 3.65. The summed E-state index contributed by atoms with van der Waals surface area (Å²) in [4.78, 5) is 4.52. The smallest absolute Gasteiger partial charge is 0.167 e. The molecule has 5 heteroatoms. The average molecular weight is 313 g/mol. The molecule has 0 aliphatic rings. The number of rotatable bonds is 8. The minimum Gasteiger partial charge on any atom is -0.494 e. The van der Waals surface area contributed by atoms with E-state index in [2.05, 4.69) is 16.5 Å². The topological polar surface area (TPSA) is 27.1 Å². The number of hydrogen-bond donors (Lipinski definition) is 0. The molecule has 0 spiro atoms. The fourth-order valence-corrected chi connectivity index (χ4v) is 2.72. The Kier molecular flexibility index (Phi) is 5.85. The van der Waals surface area contributed by atoms with Crippen LogP contribution in [0.2, 0.25) is 0 Å². The summed E-state index contributed by atoms with van der Waals surface area (Å²) >= 11 is 5.86. The van der Waals surface area contributed by atoms with E-state index in [0.29, 0.717) is 17.8 Å². The highest BCUT2D eigenvalue weighted by atomic mass is 35.5. The van der Waals surface area contributed by atoms with Crippen molar-refractivity contribution in [3.05, 3.63) is 23.8 Å². The van der Waals surface area contributed by atoms with E-state index in [1.54, 1.807) is 6.07 Å². The standard InChI is InChI=1S/C16H22ClFN2O/c1-3-4-5-6-9-20-14-11-15(21-2)12(18)10-13(14)19-16(20)7-8-17/h10-11H,3-9H2,1-2H3. The number of aryl methyl sites for hydroxylation is 2. The van der Waals surface area contributed by atoms with E-state index in [9.17, 15) is 4.39 Å². The first kappa shape index (κ1) is 16.1. The number of aromatic nitrogens is 2. The molecule has 0 amide bonds. The number of unbranched alkanes of at least 4 members (excludes halogenated alkanes) is 3. The lowest BCUT2D eigenvalue weighted by atomic mass is 10.2. The summed E-state index contributed by atoms with van der Waals surface area (Å²) in [7, 11) is 1.48. The van der Waals surface area contributed by atoms with E-state index >= 15 is 0 Å². The van der Waals surface area contributed by atoms with E-state index in [1.165, 1.54) is 32.4 Å². The van der Waals surface area contributed by atoms with Gasteiger partial charge >= 0.3 is 0 Å². The lowest BCUT2D eigenvalue weighted by molar-refractivity contribution is 0.387. The Balaban J connectivity index is 2.35. The molecule has 0 atom stereocenters. The molecule has 0 N–H and O–H groups in total. The van der Waals surface area contributed by atoms with Crippen molar-refractivity contribution in [2.24, 2.45) is 0 Å². The molecule has 1 aromatic heterocycles. The molecule has 1 aromatic carbocycles. The Morgan fingerprint density at radius 2 is 2.10 bits per heavy atom. The van der Waals surface area contributed by atoms with Crippen molar-refractivity contribution < 1.29 is 9.13 Å². The lowest BCUT2D eigenvalue weighted by Gasteiger charge is -2.09. The van der Waals surface area contributed by atoms with Gasteiger partial charge in [-0.1, -0.05) is 26.2 Å². The highest BCUT2D eigenvalue weighted by Gasteiger charge is 2.14. The van der Waals surface area contributed by atoms with Crippen molar-refractivity contribution in [3.8, 4) is 5.75 Å². The zero-order chi connectivity index (χ0) is 15.2. The summed E-state index contributed by atoms with van der Waals surface area (Å²) in [6, 6.07) is 3.17. The van der Waals surface area contributed by atoms with E-state index in [1.807, 2.05) is 0 Å². The summed E-state index contributed by atoms with van der Waals surface area (Å²) < 4.78 is 21.0. The van der Waals surface area contributed by atoms with Gasteiger partial charge in [0.25, 0.3) is 0 Å². The van der Waals surface area contributed by atoms with Crippen LogP contribution in [0.4, 0.5) is 4.39 Å². The van der Waals surface area contributed by atoms with Crippen molar-refractivity contribution in [3.63, 3.8) is 0 Å². The molecule has 0 fully saturated rings. The molecular formula is C16H22ClFN2O. The van der Waals surface area contributed by atoms with Crippen LogP contribution < -0.4 is 4.74 Å². The zero-order valence-electron chi connectivity index (χ0n) is 12.7. The summed E-state index contributed by atoms with van der Waals surface area (Å²) in [5, 5.41) is 0. The fourth-order valence-electron chi connectivity index (χ4n) is 2.55. The number of methoxy groups -OCH3 is 1. The molecular weight excluding hydrogens is 291 g/mol. The van der Waals surface area contributed by atoms with Gasteiger partial charge in [0.2, 0.25) is 0 Å². The summed E-state index contributed by atoms with van der Waals surface area (Å²) in [6.45, 7) is 3.08. The number of alkyl halides is 1. The number of imidazole rings is 1. The van der Waals surface area contributed by atoms with Crippen LogP contribution in [0.25, 0.3) is 11.0 Å². The Bertz CT molecular complexity index is 597. The van der Waals surface area contributed by atoms with Crippen LogP contribution in [0.3, 0.4) is 0 Å². The summed E-state index contributed by atoms with van der Waals surface area (Å²) in [5.74, 6) is 1.31. The quantitative estimate of drug-likeness (QED) is 0.528. The first-order chi connectivity index (χ1) is 10.2. The van der Waals surface area contributed by atoms with Crippen LogP contribution in [-0.2, 0) is 13.0 Å².